The van der Waals surface area contributed by atoms with Gasteiger partial charge in [-0.2, -0.15) is 5.10 Å². The highest BCUT2D eigenvalue weighted by atomic mass is 35.5. The van der Waals surface area contributed by atoms with Crippen LogP contribution in [0.15, 0.2) is 53.3 Å². The van der Waals surface area contributed by atoms with Crippen LogP contribution < -0.4 is 11.0 Å². The molecule has 28 heavy (non-hydrogen) atoms. The molecule has 2 N–H and O–H groups in total. The fourth-order valence-electron chi connectivity index (χ4n) is 3.46. The predicted octanol–water partition coefficient (Wildman–Crippen LogP) is 2.73. The molecule has 0 aliphatic carbocycles. The zero-order valence-corrected chi connectivity index (χ0v) is 16.1. The first-order valence-corrected chi connectivity index (χ1v) is 9.41. The summed E-state index contributed by atoms with van der Waals surface area (Å²) in [7, 11) is 0. The number of fused-ring (bicyclic) bond motifs is 1. The number of aromatic amines is 1. The molecule has 0 fully saturated rings. The normalized spacial score (nSPS) is 15.1. The molecule has 1 atom stereocenters. The SMILES string of the molecule is Cc1ccc(NC(=O)[C@@H](c2ccccc2)N2CCn3c(n[nH]c3=O)C2)cc1Cl. The Labute approximate surface area is 166 Å². The van der Waals surface area contributed by atoms with Crippen molar-refractivity contribution in [1.82, 2.24) is 19.7 Å². The molecule has 3 aromatic rings. The Balaban J connectivity index is 1.63. The fourth-order valence-corrected chi connectivity index (χ4v) is 3.64. The zero-order valence-electron chi connectivity index (χ0n) is 15.4. The van der Waals surface area contributed by atoms with E-state index in [-0.39, 0.29) is 11.6 Å². The van der Waals surface area contributed by atoms with Crippen molar-refractivity contribution >= 4 is 23.2 Å². The number of H-pyrrole nitrogens is 1. The van der Waals surface area contributed by atoms with Gasteiger partial charge in [0.25, 0.3) is 0 Å². The molecule has 0 saturated carbocycles. The highest BCUT2D eigenvalue weighted by Gasteiger charge is 2.31. The molecule has 2 heterocycles. The molecule has 1 aromatic heterocycles. The van der Waals surface area contributed by atoms with Crippen molar-refractivity contribution < 1.29 is 4.79 Å². The summed E-state index contributed by atoms with van der Waals surface area (Å²) in [6.07, 6.45) is 0. The molecule has 2 aromatic carbocycles. The van der Waals surface area contributed by atoms with E-state index in [1.807, 2.05) is 54.3 Å². The summed E-state index contributed by atoms with van der Waals surface area (Å²) in [6, 6.07) is 14.5. The molecule has 1 aliphatic heterocycles. The number of hydrogen-bond donors (Lipinski definition) is 2. The summed E-state index contributed by atoms with van der Waals surface area (Å²) in [5.41, 5.74) is 2.26. The Morgan fingerprint density at radius 2 is 2.00 bits per heavy atom. The highest BCUT2D eigenvalue weighted by Crippen LogP contribution is 2.27. The molecule has 1 amide bonds. The van der Waals surface area contributed by atoms with Gasteiger partial charge in [0.05, 0.1) is 6.54 Å². The minimum absolute atomic E-state index is 0.155. The molecule has 144 valence electrons. The quantitative estimate of drug-likeness (QED) is 0.709. The third kappa shape index (κ3) is 3.58. The summed E-state index contributed by atoms with van der Waals surface area (Å²) in [5, 5.41) is 10.1. The smallest absolute Gasteiger partial charge is 0.324 e. The van der Waals surface area contributed by atoms with Gasteiger partial charge in [0.1, 0.15) is 11.9 Å². The summed E-state index contributed by atoms with van der Waals surface area (Å²) in [4.78, 5) is 27.0. The fraction of sp³-hybridized carbons (Fsp3) is 0.250. The van der Waals surface area contributed by atoms with Crippen LogP contribution in [0, 0.1) is 6.92 Å². The monoisotopic (exact) mass is 397 g/mol. The van der Waals surface area contributed by atoms with Crippen LogP contribution >= 0.6 is 11.6 Å². The average Bonchev–Trinajstić information content (AvgIpc) is 3.06. The largest absolute Gasteiger partial charge is 0.343 e. The van der Waals surface area contributed by atoms with Crippen LogP contribution in [-0.2, 0) is 17.9 Å². The van der Waals surface area contributed by atoms with Crippen molar-refractivity contribution in [3.05, 3.63) is 81.0 Å². The Morgan fingerprint density at radius 1 is 1.21 bits per heavy atom. The van der Waals surface area contributed by atoms with Gasteiger partial charge in [-0.15, -0.1) is 0 Å². The number of carbonyl (C=O) groups is 1. The Hall–Kier alpha value is -2.90. The predicted molar refractivity (Wildman–Crippen MR) is 107 cm³/mol. The van der Waals surface area contributed by atoms with Gasteiger partial charge in [0.2, 0.25) is 5.91 Å². The van der Waals surface area contributed by atoms with E-state index in [0.717, 1.165) is 11.1 Å². The third-order valence-corrected chi connectivity index (χ3v) is 5.37. The topological polar surface area (TPSA) is 83.0 Å². The van der Waals surface area contributed by atoms with Crippen molar-refractivity contribution in [2.75, 3.05) is 11.9 Å². The van der Waals surface area contributed by atoms with Crippen LogP contribution in [0.3, 0.4) is 0 Å². The van der Waals surface area contributed by atoms with Crippen molar-refractivity contribution in [1.29, 1.82) is 0 Å². The number of amides is 1. The minimum atomic E-state index is -0.512. The van der Waals surface area contributed by atoms with Crippen LogP contribution in [0.2, 0.25) is 5.02 Å². The van der Waals surface area contributed by atoms with Crippen LogP contribution in [0.25, 0.3) is 0 Å². The number of carbonyl (C=O) groups excluding carboxylic acids is 1. The number of rotatable bonds is 4. The van der Waals surface area contributed by atoms with Crippen molar-refractivity contribution in [2.45, 2.75) is 26.1 Å². The molecule has 0 unspecified atom stereocenters. The van der Waals surface area contributed by atoms with Gasteiger partial charge in [0.15, 0.2) is 0 Å². The van der Waals surface area contributed by atoms with E-state index in [1.54, 1.807) is 10.6 Å². The summed E-state index contributed by atoms with van der Waals surface area (Å²) in [5.74, 6) is 0.473. The van der Waals surface area contributed by atoms with Crippen molar-refractivity contribution in [3.63, 3.8) is 0 Å². The van der Waals surface area contributed by atoms with Crippen LogP contribution in [0.1, 0.15) is 23.0 Å². The van der Waals surface area contributed by atoms with Gasteiger partial charge in [-0.05, 0) is 30.2 Å². The van der Waals surface area contributed by atoms with Gasteiger partial charge >= 0.3 is 5.69 Å². The van der Waals surface area contributed by atoms with Crippen molar-refractivity contribution in [2.24, 2.45) is 0 Å². The first kappa shape index (κ1) is 18.5. The van der Waals surface area contributed by atoms with Gasteiger partial charge in [-0.25, -0.2) is 9.89 Å². The second-order valence-corrected chi connectivity index (χ2v) is 7.24. The van der Waals surface area contributed by atoms with E-state index in [0.29, 0.717) is 36.2 Å². The van der Waals surface area contributed by atoms with Gasteiger partial charge in [0, 0.05) is 23.8 Å². The van der Waals surface area contributed by atoms with E-state index in [4.69, 9.17) is 11.6 Å². The second-order valence-electron chi connectivity index (χ2n) is 6.83. The number of nitrogens with one attached hydrogen (secondary N) is 2. The lowest BCUT2D eigenvalue weighted by Crippen LogP contribution is -2.43. The van der Waals surface area contributed by atoms with E-state index in [1.165, 1.54) is 0 Å². The molecule has 1 aliphatic rings. The second kappa shape index (κ2) is 7.61. The van der Waals surface area contributed by atoms with Crippen LogP contribution in [-0.4, -0.2) is 32.1 Å². The number of halogens is 1. The molecule has 0 bridgehead atoms. The van der Waals surface area contributed by atoms with E-state index >= 15 is 0 Å². The number of hydrogen-bond acceptors (Lipinski definition) is 4. The Kier molecular flexibility index (Phi) is 5.02. The molecule has 0 radical (unpaired) electrons. The number of anilines is 1. The summed E-state index contributed by atoms with van der Waals surface area (Å²) >= 11 is 6.20. The maximum absolute atomic E-state index is 13.2. The molecule has 7 nitrogen and oxygen atoms in total. The van der Waals surface area contributed by atoms with E-state index in [2.05, 4.69) is 15.5 Å². The van der Waals surface area contributed by atoms with Crippen molar-refractivity contribution in [3.8, 4) is 0 Å². The molecule has 4 rings (SSSR count). The molecule has 0 spiro atoms. The minimum Gasteiger partial charge on any atom is -0.324 e. The molecule has 0 saturated heterocycles. The maximum atomic E-state index is 13.2. The lowest BCUT2D eigenvalue weighted by atomic mass is 10.0. The summed E-state index contributed by atoms with van der Waals surface area (Å²) in [6.45, 7) is 3.37. The summed E-state index contributed by atoms with van der Waals surface area (Å²) < 4.78 is 1.61. The molecule has 8 heteroatoms. The van der Waals surface area contributed by atoms with E-state index in [9.17, 15) is 9.59 Å². The first-order chi connectivity index (χ1) is 13.5. The standard InChI is InChI=1S/C20H20ClN5O2/c1-13-7-8-15(11-16(13)21)22-19(27)18(14-5-3-2-4-6-14)25-9-10-26-17(12-25)23-24-20(26)28/h2-8,11,18H,9-10,12H2,1H3,(H,22,27)(H,24,28)/t18-/m1/s1. The van der Waals surface area contributed by atoms with E-state index < -0.39 is 6.04 Å². The third-order valence-electron chi connectivity index (χ3n) is 4.96. The lowest BCUT2D eigenvalue weighted by Gasteiger charge is -2.33. The first-order valence-electron chi connectivity index (χ1n) is 9.03. The average molecular weight is 398 g/mol. The number of aromatic nitrogens is 3. The Bertz CT molecular complexity index is 1060. The highest BCUT2D eigenvalue weighted by molar-refractivity contribution is 6.31. The van der Waals surface area contributed by atoms with Gasteiger partial charge < -0.3 is 5.32 Å². The van der Waals surface area contributed by atoms with Gasteiger partial charge in [-0.1, -0.05) is 48.0 Å². The van der Waals surface area contributed by atoms with Crippen LogP contribution in [0.4, 0.5) is 5.69 Å². The Morgan fingerprint density at radius 3 is 2.75 bits per heavy atom. The van der Waals surface area contributed by atoms with Crippen LogP contribution in [0.5, 0.6) is 0 Å². The number of nitrogens with zero attached hydrogens (tertiary/aromatic N) is 3. The number of benzene rings is 2. The molecular formula is C20H20ClN5O2. The number of aryl methyl sites for hydroxylation is 1. The van der Waals surface area contributed by atoms with Gasteiger partial charge in [-0.3, -0.25) is 14.3 Å². The lowest BCUT2D eigenvalue weighted by molar-refractivity contribution is -0.122. The zero-order chi connectivity index (χ0) is 19.7. The molecular weight excluding hydrogens is 378 g/mol. The maximum Gasteiger partial charge on any atom is 0.343 e.